The number of sulfonamides is 1. The van der Waals surface area contributed by atoms with E-state index in [1.807, 2.05) is 19.9 Å². The minimum absolute atomic E-state index is 0.0923. The summed E-state index contributed by atoms with van der Waals surface area (Å²) in [5.74, 6) is 0.159. The van der Waals surface area contributed by atoms with Crippen molar-refractivity contribution in [2.24, 2.45) is 0 Å². The first-order chi connectivity index (χ1) is 12.7. The van der Waals surface area contributed by atoms with Gasteiger partial charge in [0.1, 0.15) is 10.6 Å². The molecule has 0 unspecified atom stereocenters. The summed E-state index contributed by atoms with van der Waals surface area (Å²) in [6.45, 7) is 5.91. The van der Waals surface area contributed by atoms with Crippen molar-refractivity contribution in [3.8, 4) is 5.75 Å². The van der Waals surface area contributed by atoms with Crippen LogP contribution in [0.4, 0.5) is 0 Å². The summed E-state index contributed by atoms with van der Waals surface area (Å²) in [6.07, 6.45) is 3.34. The maximum atomic E-state index is 12.7. The van der Waals surface area contributed by atoms with Crippen LogP contribution in [0.5, 0.6) is 5.75 Å². The molecule has 1 heterocycles. The fraction of sp³-hybridized carbons (Fsp3) is 0.368. The zero-order valence-corrected chi connectivity index (χ0v) is 16.8. The van der Waals surface area contributed by atoms with Crippen molar-refractivity contribution in [3.05, 3.63) is 53.3 Å². The number of carbonyl (C=O) groups excluding carboxylic acids is 1. The van der Waals surface area contributed by atoms with E-state index in [4.69, 9.17) is 4.74 Å². The number of methoxy groups -OCH3 is 1. The molecule has 8 heteroatoms. The van der Waals surface area contributed by atoms with Gasteiger partial charge in [0.25, 0.3) is 0 Å². The maximum absolute atomic E-state index is 12.7. The van der Waals surface area contributed by atoms with Crippen molar-refractivity contribution in [1.82, 2.24) is 14.6 Å². The second-order valence-corrected chi connectivity index (χ2v) is 8.02. The number of rotatable bonds is 8. The molecule has 7 nitrogen and oxygen atoms in total. The first kappa shape index (κ1) is 20.9. The van der Waals surface area contributed by atoms with Crippen LogP contribution in [0.3, 0.4) is 0 Å². The quantitative estimate of drug-likeness (QED) is 0.744. The zero-order valence-electron chi connectivity index (χ0n) is 16.0. The molecule has 1 amide bonds. The molecule has 2 rings (SSSR count). The maximum Gasteiger partial charge on any atom is 0.244 e. The topological polar surface area (TPSA) is 88.6 Å². The Balaban J connectivity index is 2.08. The molecule has 0 saturated carbocycles. The fourth-order valence-electron chi connectivity index (χ4n) is 2.59. The summed E-state index contributed by atoms with van der Waals surface area (Å²) >= 11 is 0. The number of amides is 1. The van der Waals surface area contributed by atoms with Gasteiger partial charge in [-0.05, 0) is 48.7 Å². The van der Waals surface area contributed by atoms with Gasteiger partial charge >= 0.3 is 0 Å². The molecule has 0 fully saturated rings. The molecule has 1 aromatic carbocycles. The van der Waals surface area contributed by atoms with Crippen molar-refractivity contribution in [1.29, 1.82) is 0 Å². The highest BCUT2D eigenvalue weighted by Crippen LogP contribution is 2.27. The molecule has 0 spiro atoms. The van der Waals surface area contributed by atoms with Crippen molar-refractivity contribution >= 4 is 15.9 Å². The summed E-state index contributed by atoms with van der Waals surface area (Å²) in [5, 5.41) is 0. The summed E-state index contributed by atoms with van der Waals surface area (Å²) < 4.78 is 33.1. The Hall–Kier alpha value is -2.45. The molecule has 0 aliphatic carbocycles. The van der Waals surface area contributed by atoms with Crippen LogP contribution < -0.4 is 9.46 Å². The molecule has 0 radical (unpaired) electrons. The van der Waals surface area contributed by atoms with Crippen LogP contribution in [-0.2, 0) is 21.4 Å². The van der Waals surface area contributed by atoms with Crippen LogP contribution >= 0.6 is 0 Å². The average molecular weight is 391 g/mol. The average Bonchev–Trinajstić information content (AvgIpc) is 2.63. The highest BCUT2D eigenvalue weighted by Gasteiger charge is 2.21. The van der Waals surface area contributed by atoms with E-state index in [1.54, 1.807) is 35.5 Å². The van der Waals surface area contributed by atoms with E-state index in [0.717, 1.165) is 16.7 Å². The molecular formula is C19H25N3O4S. The van der Waals surface area contributed by atoms with Crippen LogP contribution in [-0.4, -0.2) is 44.4 Å². The number of ether oxygens (including phenoxy) is 1. The van der Waals surface area contributed by atoms with Crippen LogP contribution in [0.15, 0.2) is 41.6 Å². The minimum atomic E-state index is -3.76. The summed E-state index contributed by atoms with van der Waals surface area (Å²) in [4.78, 5) is 17.6. The van der Waals surface area contributed by atoms with E-state index in [2.05, 4.69) is 9.71 Å². The number of pyridine rings is 1. The number of hydrogen-bond acceptors (Lipinski definition) is 5. The number of aryl methyl sites for hydroxylation is 2. The largest absolute Gasteiger partial charge is 0.495 e. The van der Waals surface area contributed by atoms with Gasteiger partial charge in [0, 0.05) is 39.0 Å². The Labute approximate surface area is 160 Å². The van der Waals surface area contributed by atoms with E-state index < -0.39 is 10.0 Å². The number of carbonyl (C=O) groups is 1. The van der Waals surface area contributed by atoms with E-state index >= 15 is 0 Å². The molecule has 0 bridgehead atoms. The lowest BCUT2D eigenvalue weighted by Gasteiger charge is -2.21. The van der Waals surface area contributed by atoms with Crippen molar-refractivity contribution in [3.63, 3.8) is 0 Å². The van der Waals surface area contributed by atoms with Gasteiger partial charge in [0.15, 0.2) is 0 Å². The van der Waals surface area contributed by atoms with Gasteiger partial charge in [-0.2, -0.15) is 0 Å². The fourth-order valence-corrected chi connectivity index (χ4v) is 3.84. The molecule has 1 aromatic heterocycles. The molecule has 0 aliphatic heterocycles. The van der Waals surface area contributed by atoms with Gasteiger partial charge in [-0.25, -0.2) is 13.1 Å². The highest BCUT2D eigenvalue weighted by molar-refractivity contribution is 7.89. The predicted molar refractivity (Wildman–Crippen MR) is 103 cm³/mol. The van der Waals surface area contributed by atoms with Crippen molar-refractivity contribution in [2.75, 3.05) is 20.2 Å². The predicted octanol–water partition coefficient (Wildman–Crippen LogP) is 2.03. The third kappa shape index (κ3) is 5.51. The van der Waals surface area contributed by atoms with E-state index in [0.29, 0.717) is 12.3 Å². The number of nitrogens with zero attached hydrogens (tertiary/aromatic N) is 2. The smallest absolute Gasteiger partial charge is 0.244 e. The summed E-state index contributed by atoms with van der Waals surface area (Å²) in [5.41, 5.74) is 2.69. The molecule has 0 aliphatic rings. The first-order valence-electron chi connectivity index (χ1n) is 8.54. The summed E-state index contributed by atoms with van der Waals surface area (Å²) in [7, 11) is -2.32. The van der Waals surface area contributed by atoms with Crippen LogP contribution in [0, 0.1) is 13.8 Å². The van der Waals surface area contributed by atoms with E-state index in [-0.39, 0.29) is 23.9 Å². The Kier molecular flexibility index (Phi) is 6.92. The highest BCUT2D eigenvalue weighted by atomic mass is 32.2. The Bertz CT molecular complexity index is 899. The third-order valence-electron chi connectivity index (χ3n) is 4.28. The lowest BCUT2D eigenvalue weighted by atomic mass is 10.1. The molecule has 146 valence electrons. The molecule has 27 heavy (non-hydrogen) atoms. The summed E-state index contributed by atoms with van der Waals surface area (Å²) in [6, 6.07) is 6.96. The number of hydrogen-bond donors (Lipinski definition) is 1. The van der Waals surface area contributed by atoms with Gasteiger partial charge < -0.3 is 9.64 Å². The zero-order chi connectivity index (χ0) is 20.0. The molecule has 0 atom stereocenters. The Morgan fingerprint density at radius 3 is 2.56 bits per heavy atom. The van der Waals surface area contributed by atoms with E-state index in [1.165, 1.54) is 14.0 Å². The van der Waals surface area contributed by atoms with Gasteiger partial charge in [0.2, 0.25) is 15.9 Å². The van der Waals surface area contributed by atoms with Gasteiger partial charge in [-0.15, -0.1) is 0 Å². The molecular weight excluding hydrogens is 366 g/mol. The molecule has 1 N–H and O–H groups in total. The first-order valence-corrected chi connectivity index (χ1v) is 10.0. The van der Waals surface area contributed by atoms with Crippen LogP contribution in [0.1, 0.15) is 23.6 Å². The molecule has 2 aromatic rings. The number of nitrogens with one attached hydrogen (secondary N) is 1. The SMILES string of the molecule is COc1cc(C)c(C)cc1S(=O)(=O)NCCN(Cc1cccnc1)C(C)=O. The van der Waals surface area contributed by atoms with Crippen LogP contribution in [0.25, 0.3) is 0 Å². The normalized spacial score (nSPS) is 11.3. The Morgan fingerprint density at radius 2 is 1.96 bits per heavy atom. The second kappa shape index (κ2) is 8.96. The van der Waals surface area contributed by atoms with Crippen molar-refractivity contribution in [2.45, 2.75) is 32.2 Å². The number of benzene rings is 1. The number of aromatic nitrogens is 1. The lowest BCUT2D eigenvalue weighted by Crippen LogP contribution is -2.37. The van der Waals surface area contributed by atoms with E-state index in [9.17, 15) is 13.2 Å². The molecule has 0 saturated heterocycles. The van der Waals surface area contributed by atoms with Gasteiger partial charge in [-0.1, -0.05) is 6.07 Å². The van der Waals surface area contributed by atoms with Crippen molar-refractivity contribution < 1.29 is 17.9 Å². The van der Waals surface area contributed by atoms with Gasteiger partial charge in [-0.3, -0.25) is 9.78 Å². The van der Waals surface area contributed by atoms with Crippen LogP contribution in [0.2, 0.25) is 0 Å². The lowest BCUT2D eigenvalue weighted by molar-refractivity contribution is -0.129. The second-order valence-electron chi connectivity index (χ2n) is 6.29. The van der Waals surface area contributed by atoms with Gasteiger partial charge in [0.05, 0.1) is 7.11 Å². The minimum Gasteiger partial charge on any atom is -0.495 e. The Morgan fingerprint density at radius 1 is 1.26 bits per heavy atom. The monoisotopic (exact) mass is 391 g/mol. The third-order valence-corrected chi connectivity index (χ3v) is 5.77. The standard InChI is InChI=1S/C19H25N3O4S/c1-14-10-18(26-4)19(11-15(14)2)27(24,25)21-8-9-22(16(3)23)13-17-6-5-7-20-12-17/h5-7,10-12,21H,8-9,13H2,1-4H3.